The van der Waals surface area contributed by atoms with Crippen LogP contribution in [0.25, 0.3) is 21.9 Å². The van der Waals surface area contributed by atoms with Crippen LogP contribution in [0.4, 0.5) is 0 Å². The smallest absolute Gasteiger partial charge is 0.234 e. The Labute approximate surface area is 116 Å². The second-order valence-electron chi connectivity index (χ2n) is 5.64. The van der Waals surface area contributed by atoms with Gasteiger partial charge in [0, 0.05) is 10.8 Å². The van der Waals surface area contributed by atoms with E-state index in [1.807, 2.05) is 13.0 Å². The van der Waals surface area contributed by atoms with E-state index in [1.165, 1.54) is 11.1 Å². The summed E-state index contributed by atoms with van der Waals surface area (Å²) in [6.45, 7) is 1.93. The summed E-state index contributed by atoms with van der Waals surface area (Å²) in [7, 11) is 0. The van der Waals surface area contributed by atoms with E-state index in [0.717, 1.165) is 36.0 Å². The van der Waals surface area contributed by atoms with Gasteiger partial charge in [0.25, 0.3) is 0 Å². The minimum atomic E-state index is -0.308. The maximum Gasteiger partial charge on any atom is 0.234 e. The van der Waals surface area contributed by atoms with E-state index >= 15 is 0 Å². The first-order chi connectivity index (χ1) is 9.68. The van der Waals surface area contributed by atoms with Gasteiger partial charge in [0.05, 0.1) is 0 Å². The molecule has 1 aliphatic carbocycles. The van der Waals surface area contributed by atoms with Gasteiger partial charge in [-0.1, -0.05) is 30.3 Å². The summed E-state index contributed by atoms with van der Waals surface area (Å²) >= 11 is 0. The lowest BCUT2D eigenvalue weighted by Crippen LogP contribution is -2.32. The topological polar surface area (TPSA) is 34.1 Å². The van der Waals surface area contributed by atoms with Crippen molar-refractivity contribution in [3.05, 3.63) is 67.5 Å². The molecular weight excluding hydrogens is 248 g/mol. The Hall–Kier alpha value is -2.22. The lowest BCUT2D eigenvalue weighted by Gasteiger charge is -2.15. The maximum absolute atomic E-state index is 12.0. The van der Waals surface area contributed by atoms with Crippen LogP contribution in [0.15, 0.2) is 39.9 Å². The zero-order valence-electron chi connectivity index (χ0n) is 11.3. The second kappa shape index (κ2) is 3.89. The van der Waals surface area contributed by atoms with Crippen LogP contribution in [0, 0.1) is 6.92 Å². The quantitative estimate of drug-likeness (QED) is 0.584. The van der Waals surface area contributed by atoms with E-state index in [-0.39, 0.29) is 10.9 Å². The van der Waals surface area contributed by atoms with Gasteiger partial charge >= 0.3 is 0 Å². The average Bonchev–Trinajstić information content (AvgIpc) is 2.64. The van der Waals surface area contributed by atoms with Crippen molar-refractivity contribution in [1.29, 1.82) is 0 Å². The van der Waals surface area contributed by atoms with Crippen molar-refractivity contribution in [2.24, 2.45) is 0 Å². The predicted molar refractivity (Wildman–Crippen MR) is 81.1 cm³/mol. The van der Waals surface area contributed by atoms with Crippen LogP contribution in [0.1, 0.15) is 23.1 Å². The molecule has 0 fully saturated rings. The third-order valence-electron chi connectivity index (χ3n) is 4.47. The molecule has 4 rings (SSSR count). The zero-order valence-corrected chi connectivity index (χ0v) is 11.3. The van der Waals surface area contributed by atoms with Crippen LogP contribution in [0.5, 0.6) is 0 Å². The van der Waals surface area contributed by atoms with Crippen LogP contribution in [-0.2, 0) is 12.8 Å². The van der Waals surface area contributed by atoms with Gasteiger partial charge in [0.2, 0.25) is 10.9 Å². The maximum atomic E-state index is 12.0. The predicted octanol–water partition coefficient (Wildman–Crippen LogP) is 2.90. The van der Waals surface area contributed by atoms with E-state index in [2.05, 4.69) is 24.3 Å². The van der Waals surface area contributed by atoms with Crippen molar-refractivity contribution in [2.45, 2.75) is 26.2 Å². The Morgan fingerprint density at radius 3 is 2.50 bits per heavy atom. The first kappa shape index (κ1) is 11.6. The van der Waals surface area contributed by atoms with Crippen molar-refractivity contribution in [2.75, 3.05) is 0 Å². The molecule has 0 radical (unpaired) electrons. The molecule has 0 aromatic heterocycles. The van der Waals surface area contributed by atoms with Crippen molar-refractivity contribution in [1.82, 2.24) is 0 Å². The molecule has 0 aliphatic heterocycles. The molecule has 2 nitrogen and oxygen atoms in total. The summed E-state index contributed by atoms with van der Waals surface area (Å²) in [6, 6.07) is 10.5. The van der Waals surface area contributed by atoms with Gasteiger partial charge in [0.15, 0.2) is 0 Å². The number of benzene rings is 2. The lowest BCUT2D eigenvalue weighted by atomic mass is 9.87. The first-order valence-electron chi connectivity index (χ1n) is 7.02. The molecule has 3 aromatic carbocycles. The highest BCUT2D eigenvalue weighted by Crippen LogP contribution is 2.36. The van der Waals surface area contributed by atoms with Crippen molar-refractivity contribution in [3.8, 4) is 11.1 Å². The number of rotatable bonds is 0. The second-order valence-corrected chi connectivity index (χ2v) is 5.64. The van der Waals surface area contributed by atoms with Gasteiger partial charge in [-0.05, 0) is 54.0 Å². The number of hydrogen-bond donors (Lipinski definition) is 0. The Kier molecular flexibility index (Phi) is 2.25. The average molecular weight is 262 g/mol. The molecule has 3 aromatic rings. The molecule has 0 unspecified atom stereocenters. The van der Waals surface area contributed by atoms with Gasteiger partial charge in [-0.15, -0.1) is 0 Å². The minimum Gasteiger partial charge on any atom is -0.285 e. The third-order valence-corrected chi connectivity index (χ3v) is 4.47. The monoisotopic (exact) mass is 262 g/mol. The summed E-state index contributed by atoms with van der Waals surface area (Å²) in [5.41, 5.74) is 5.12. The van der Waals surface area contributed by atoms with Crippen LogP contribution in [0.3, 0.4) is 0 Å². The van der Waals surface area contributed by atoms with Crippen molar-refractivity contribution >= 4 is 10.8 Å². The Bertz CT molecular complexity index is 925. The summed E-state index contributed by atoms with van der Waals surface area (Å²) in [5.74, 6) is 0. The normalized spacial score (nSPS) is 14.1. The summed E-state index contributed by atoms with van der Waals surface area (Å²) < 4.78 is 0. The minimum absolute atomic E-state index is 0.292. The molecule has 0 saturated heterocycles. The molecule has 0 bridgehead atoms. The number of aryl methyl sites for hydroxylation is 3. The van der Waals surface area contributed by atoms with Gasteiger partial charge in [-0.3, -0.25) is 9.59 Å². The van der Waals surface area contributed by atoms with Crippen LogP contribution < -0.4 is 10.9 Å². The van der Waals surface area contributed by atoms with E-state index in [0.29, 0.717) is 10.8 Å². The molecule has 0 atom stereocenters. The third kappa shape index (κ3) is 1.34. The van der Waals surface area contributed by atoms with Gasteiger partial charge in [-0.25, -0.2) is 0 Å². The van der Waals surface area contributed by atoms with E-state index in [9.17, 15) is 9.59 Å². The van der Waals surface area contributed by atoms with E-state index in [4.69, 9.17) is 0 Å². The van der Waals surface area contributed by atoms with Crippen LogP contribution >= 0.6 is 0 Å². The Balaban J connectivity index is 2.16. The van der Waals surface area contributed by atoms with E-state index in [1.54, 1.807) is 0 Å². The Morgan fingerprint density at radius 1 is 0.900 bits per heavy atom. The SMILES string of the molecule is Cc1cc2c(c3c(=O)c(=O)c13)CCCc1ccccc1-2. The summed E-state index contributed by atoms with van der Waals surface area (Å²) in [5, 5.41) is 1.36. The highest BCUT2D eigenvalue weighted by molar-refractivity contribution is 5.98. The fourth-order valence-corrected chi connectivity index (χ4v) is 3.52. The molecule has 0 saturated carbocycles. The molecule has 98 valence electrons. The molecule has 0 N–H and O–H groups in total. The fourth-order valence-electron chi connectivity index (χ4n) is 3.52. The molecule has 1 aliphatic rings. The van der Waals surface area contributed by atoms with Crippen molar-refractivity contribution < 1.29 is 0 Å². The number of hydrogen-bond acceptors (Lipinski definition) is 2. The van der Waals surface area contributed by atoms with Crippen molar-refractivity contribution in [3.63, 3.8) is 0 Å². The highest BCUT2D eigenvalue weighted by Gasteiger charge is 2.24. The van der Waals surface area contributed by atoms with Gasteiger partial charge in [0.1, 0.15) is 0 Å². The molecular formula is C18H14O2. The zero-order chi connectivity index (χ0) is 13.9. The summed E-state index contributed by atoms with van der Waals surface area (Å²) in [4.78, 5) is 23.7. The standard InChI is InChI=1S/C18H14O2/c1-10-9-14-12-7-3-2-5-11(12)6-4-8-13(14)16-15(10)17(19)18(16)20/h2-3,5,7,9H,4,6,8H2,1H3. The molecule has 0 spiro atoms. The van der Waals surface area contributed by atoms with Gasteiger partial charge in [-0.2, -0.15) is 0 Å². The number of fused-ring (bicyclic) bond motifs is 5. The van der Waals surface area contributed by atoms with Crippen LogP contribution in [0.2, 0.25) is 0 Å². The molecule has 2 heteroatoms. The largest absolute Gasteiger partial charge is 0.285 e. The highest BCUT2D eigenvalue weighted by atomic mass is 16.2. The van der Waals surface area contributed by atoms with Gasteiger partial charge < -0.3 is 0 Å². The Morgan fingerprint density at radius 2 is 1.65 bits per heavy atom. The molecule has 0 amide bonds. The lowest BCUT2D eigenvalue weighted by molar-refractivity contribution is 0.838. The summed E-state index contributed by atoms with van der Waals surface area (Å²) in [6.07, 6.45) is 2.94. The molecule has 0 heterocycles. The van der Waals surface area contributed by atoms with Crippen LogP contribution in [-0.4, -0.2) is 0 Å². The molecule has 20 heavy (non-hydrogen) atoms. The van der Waals surface area contributed by atoms with E-state index < -0.39 is 0 Å². The first-order valence-corrected chi connectivity index (χ1v) is 7.02. The fraction of sp³-hybridized carbons (Fsp3) is 0.222.